The predicted octanol–water partition coefficient (Wildman–Crippen LogP) is 4.06. The largest absolute Gasteiger partial charge is 0.497 e. The summed E-state index contributed by atoms with van der Waals surface area (Å²) >= 11 is 0. The van der Waals surface area contributed by atoms with Crippen molar-refractivity contribution in [2.45, 2.75) is 19.3 Å². The minimum atomic E-state index is -0.354. The first-order valence-electron chi connectivity index (χ1n) is 8.38. The van der Waals surface area contributed by atoms with Crippen molar-refractivity contribution in [2.75, 3.05) is 12.4 Å². The van der Waals surface area contributed by atoms with Crippen LogP contribution in [0.3, 0.4) is 0 Å². The van der Waals surface area contributed by atoms with E-state index in [2.05, 4.69) is 10.3 Å². The number of H-pyrrole nitrogens is 1. The van der Waals surface area contributed by atoms with E-state index in [-0.39, 0.29) is 17.6 Å². The maximum absolute atomic E-state index is 13.3. The first-order chi connectivity index (χ1) is 12.1. The number of nitrogens with one attached hydrogen (secondary N) is 2. The molecule has 5 heteroatoms. The van der Waals surface area contributed by atoms with Crippen LogP contribution >= 0.6 is 0 Å². The summed E-state index contributed by atoms with van der Waals surface area (Å²) in [6.07, 6.45) is 2.27. The number of hydrogen-bond donors (Lipinski definition) is 2. The second kappa shape index (κ2) is 6.24. The zero-order valence-electron chi connectivity index (χ0n) is 13.9. The van der Waals surface area contributed by atoms with Crippen molar-refractivity contribution in [3.63, 3.8) is 0 Å². The van der Waals surface area contributed by atoms with Gasteiger partial charge in [-0.2, -0.15) is 0 Å². The first kappa shape index (κ1) is 15.7. The standard InChI is InChI=1S/C20H19FN2O2/c1-25-15-6-8-19-17(11-15)16-9-12(5-7-18(16)23-19)20(24)22-14-4-2-3-13(21)10-14/h2-4,6,8,10-12,23H,5,7,9H2,1H3,(H,22,24). The van der Waals surface area contributed by atoms with E-state index in [1.54, 1.807) is 19.2 Å². The zero-order chi connectivity index (χ0) is 17.4. The summed E-state index contributed by atoms with van der Waals surface area (Å²) in [5.74, 6) is 0.266. The molecular formula is C20H19FN2O2. The van der Waals surface area contributed by atoms with E-state index in [4.69, 9.17) is 4.74 Å². The van der Waals surface area contributed by atoms with Crippen molar-refractivity contribution in [3.8, 4) is 5.75 Å². The second-order valence-corrected chi connectivity index (χ2v) is 6.43. The smallest absolute Gasteiger partial charge is 0.227 e. The quantitative estimate of drug-likeness (QED) is 0.757. The minimum absolute atomic E-state index is 0.0616. The van der Waals surface area contributed by atoms with E-state index in [1.165, 1.54) is 23.4 Å². The van der Waals surface area contributed by atoms with Crippen LogP contribution < -0.4 is 10.1 Å². The summed E-state index contributed by atoms with van der Waals surface area (Å²) < 4.78 is 18.6. The van der Waals surface area contributed by atoms with Gasteiger partial charge in [0.2, 0.25) is 5.91 Å². The van der Waals surface area contributed by atoms with Crippen molar-refractivity contribution in [2.24, 2.45) is 5.92 Å². The van der Waals surface area contributed by atoms with Crippen LogP contribution in [0.1, 0.15) is 17.7 Å². The molecule has 2 aromatic carbocycles. The van der Waals surface area contributed by atoms with Crippen LogP contribution in [0.4, 0.5) is 10.1 Å². The lowest BCUT2D eigenvalue weighted by Gasteiger charge is -2.22. The molecule has 1 unspecified atom stereocenters. The Morgan fingerprint density at radius 1 is 1.28 bits per heavy atom. The lowest BCUT2D eigenvalue weighted by molar-refractivity contribution is -0.120. The highest BCUT2D eigenvalue weighted by molar-refractivity contribution is 5.94. The molecule has 0 fully saturated rings. The van der Waals surface area contributed by atoms with Gasteiger partial charge in [-0.05, 0) is 61.2 Å². The van der Waals surface area contributed by atoms with Gasteiger partial charge in [-0.1, -0.05) is 6.07 Å². The Morgan fingerprint density at radius 2 is 2.16 bits per heavy atom. The Bertz CT molecular complexity index is 948. The van der Waals surface area contributed by atoms with Gasteiger partial charge in [-0.3, -0.25) is 4.79 Å². The highest BCUT2D eigenvalue weighted by atomic mass is 19.1. The number of aromatic nitrogens is 1. The molecule has 0 saturated carbocycles. The van der Waals surface area contributed by atoms with Gasteiger partial charge in [-0.25, -0.2) is 4.39 Å². The van der Waals surface area contributed by atoms with E-state index < -0.39 is 0 Å². The molecule has 1 atom stereocenters. The third-order valence-corrected chi connectivity index (χ3v) is 4.86. The number of aromatic amines is 1. The van der Waals surface area contributed by atoms with Crippen molar-refractivity contribution in [3.05, 3.63) is 59.5 Å². The SMILES string of the molecule is COc1ccc2[nH]c3c(c2c1)CC(C(=O)Nc1cccc(F)c1)CC3. The van der Waals surface area contributed by atoms with E-state index in [9.17, 15) is 9.18 Å². The van der Waals surface area contributed by atoms with Gasteiger partial charge in [0.1, 0.15) is 11.6 Å². The number of aryl methyl sites for hydroxylation is 1. The van der Waals surface area contributed by atoms with Crippen molar-refractivity contribution < 1.29 is 13.9 Å². The van der Waals surface area contributed by atoms with Crippen LogP contribution in [0, 0.1) is 11.7 Å². The summed E-state index contributed by atoms with van der Waals surface area (Å²) in [6.45, 7) is 0. The number of methoxy groups -OCH3 is 1. The Kier molecular flexibility index (Phi) is 3.92. The average Bonchev–Trinajstić information content (AvgIpc) is 2.98. The lowest BCUT2D eigenvalue weighted by atomic mass is 9.85. The fourth-order valence-electron chi connectivity index (χ4n) is 3.56. The molecule has 1 amide bonds. The van der Waals surface area contributed by atoms with Crippen molar-refractivity contribution >= 4 is 22.5 Å². The van der Waals surface area contributed by atoms with Gasteiger partial charge < -0.3 is 15.0 Å². The number of ether oxygens (including phenoxy) is 1. The molecule has 3 aromatic rings. The number of hydrogen-bond acceptors (Lipinski definition) is 2. The highest BCUT2D eigenvalue weighted by Crippen LogP contribution is 2.34. The number of amides is 1. The number of benzene rings is 2. The summed E-state index contributed by atoms with van der Waals surface area (Å²) in [7, 11) is 1.65. The molecule has 0 saturated heterocycles. The van der Waals surface area contributed by atoms with Gasteiger partial charge in [0.25, 0.3) is 0 Å². The number of carbonyl (C=O) groups is 1. The molecule has 1 aliphatic rings. The molecule has 1 aromatic heterocycles. The fraction of sp³-hybridized carbons (Fsp3) is 0.250. The Hall–Kier alpha value is -2.82. The normalized spacial score (nSPS) is 16.5. The summed E-state index contributed by atoms with van der Waals surface area (Å²) in [5.41, 5.74) is 3.94. The van der Waals surface area contributed by atoms with Gasteiger partial charge in [0, 0.05) is 28.2 Å². The molecule has 0 radical (unpaired) electrons. The minimum Gasteiger partial charge on any atom is -0.497 e. The number of halogens is 1. The van der Waals surface area contributed by atoms with Crippen LogP contribution in [-0.2, 0) is 17.6 Å². The second-order valence-electron chi connectivity index (χ2n) is 6.43. The Labute approximate surface area is 145 Å². The maximum atomic E-state index is 13.3. The monoisotopic (exact) mass is 338 g/mol. The van der Waals surface area contributed by atoms with Gasteiger partial charge in [0.15, 0.2) is 0 Å². The Balaban J connectivity index is 1.58. The molecule has 25 heavy (non-hydrogen) atoms. The number of fused-ring (bicyclic) bond motifs is 3. The van der Waals surface area contributed by atoms with Crippen molar-refractivity contribution in [1.82, 2.24) is 4.98 Å². The molecule has 1 aliphatic carbocycles. The molecule has 128 valence electrons. The third-order valence-electron chi connectivity index (χ3n) is 4.86. The summed E-state index contributed by atoms with van der Waals surface area (Å²) in [5, 5.41) is 3.94. The lowest BCUT2D eigenvalue weighted by Crippen LogP contribution is -2.28. The van der Waals surface area contributed by atoms with Gasteiger partial charge in [-0.15, -0.1) is 0 Å². The van der Waals surface area contributed by atoms with Crippen LogP contribution in [0.5, 0.6) is 5.75 Å². The zero-order valence-corrected chi connectivity index (χ0v) is 13.9. The van der Waals surface area contributed by atoms with Crippen LogP contribution in [0.25, 0.3) is 10.9 Å². The maximum Gasteiger partial charge on any atom is 0.227 e. The van der Waals surface area contributed by atoms with Crippen LogP contribution in [0.15, 0.2) is 42.5 Å². The molecule has 2 N–H and O–H groups in total. The van der Waals surface area contributed by atoms with Gasteiger partial charge >= 0.3 is 0 Å². The molecule has 4 rings (SSSR count). The molecule has 0 aliphatic heterocycles. The molecule has 0 bridgehead atoms. The summed E-state index contributed by atoms with van der Waals surface area (Å²) in [6, 6.07) is 11.9. The summed E-state index contributed by atoms with van der Waals surface area (Å²) in [4.78, 5) is 16.0. The van der Waals surface area contributed by atoms with Crippen LogP contribution in [-0.4, -0.2) is 18.0 Å². The molecule has 0 spiro atoms. The number of anilines is 1. The van der Waals surface area contributed by atoms with Crippen LogP contribution in [0.2, 0.25) is 0 Å². The van der Waals surface area contributed by atoms with E-state index in [0.29, 0.717) is 12.1 Å². The van der Waals surface area contributed by atoms with Crippen molar-refractivity contribution in [1.29, 1.82) is 0 Å². The Morgan fingerprint density at radius 3 is 2.96 bits per heavy atom. The number of rotatable bonds is 3. The first-order valence-corrected chi connectivity index (χ1v) is 8.38. The fourth-order valence-corrected chi connectivity index (χ4v) is 3.56. The predicted molar refractivity (Wildman–Crippen MR) is 95.4 cm³/mol. The molecule has 4 nitrogen and oxygen atoms in total. The van der Waals surface area contributed by atoms with E-state index in [0.717, 1.165) is 29.5 Å². The number of carbonyl (C=O) groups excluding carboxylic acids is 1. The van der Waals surface area contributed by atoms with E-state index >= 15 is 0 Å². The highest BCUT2D eigenvalue weighted by Gasteiger charge is 2.27. The average molecular weight is 338 g/mol. The van der Waals surface area contributed by atoms with E-state index in [1.807, 2.05) is 18.2 Å². The topological polar surface area (TPSA) is 54.1 Å². The van der Waals surface area contributed by atoms with Gasteiger partial charge in [0.05, 0.1) is 7.11 Å². The molecule has 1 heterocycles. The molecular weight excluding hydrogens is 319 g/mol. The third kappa shape index (κ3) is 2.97.